The van der Waals surface area contributed by atoms with Crippen molar-refractivity contribution in [1.82, 2.24) is 5.32 Å². The second-order valence-electron chi connectivity index (χ2n) is 8.82. The van der Waals surface area contributed by atoms with Crippen LogP contribution in [0, 0.1) is 0 Å². The summed E-state index contributed by atoms with van der Waals surface area (Å²) in [4.78, 5) is 26.5. The molecule has 0 spiro atoms. The van der Waals surface area contributed by atoms with Gasteiger partial charge in [-0.05, 0) is 61.1 Å². The minimum Gasteiger partial charge on any atom is -0.493 e. The number of hydrogen-bond donors (Lipinski definition) is 1. The zero-order valence-corrected chi connectivity index (χ0v) is 21.2. The lowest BCUT2D eigenvalue weighted by atomic mass is 9.71. The smallest absolute Gasteiger partial charge is 0.336 e. The summed E-state index contributed by atoms with van der Waals surface area (Å²) in [5.74, 6) is 0.178. The number of esters is 1. The third-order valence-electron chi connectivity index (χ3n) is 6.56. The summed E-state index contributed by atoms with van der Waals surface area (Å²) < 4.78 is 16.5. The summed E-state index contributed by atoms with van der Waals surface area (Å²) in [5, 5.41) is 4.01. The topological polar surface area (TPSA) is 73.9 Å². The fourth-order valence-corrected chi connectivity index (χ4v) is 5.04. The Morgan fingerprint density at radius 2 is 1.77 bits per heavy atom. The van der Waals surface area contributed by atoms with Crippen LogP contribution in [-0.2, 0) is 14.3 Å². The highest BCUT2D eigenvalue weighted by Gasteiger charge is 2.41. The van der Waals surface area contributed by atoms with E-state index >= 15 is 0 Å². The van der Waals surface area contributed by atoms with Crippen molar-refractivity contribution in [1.29, 1.82) is 0 Å². The number of carbonyl (C=O) groups excluding carboxylic acids is 2. The fourth-order valence-electron chi connectivity index (χ4n) is 4.92. The molecule has 1 N–H and O–H groups in total. The van der Waals surface area contributed by atoms with Gasteiger partial charge in [-0.15, -0.1) is 0 Å². The highest BCUT2D eigenvalue weighted by molar-refractivity contribution is 6.30. The molecule has 7 heteroatoms. The quantitative estimate of drug-likeness (QED) is 0.499. The predicted molar refractivity (Wildman–Crippen MR) is 135 cm³/mol. The number of benzene rings is 2. The van der Waals surface area contributed by atoms with Crippen LogP contribution < -0.4 is 14.8 Å². The maximum Gasteiger partial charge on any atom is 0.336 e. The Bertz CT molecular complexity index is 1200. The number of halogens is 1. The Morgan fingerprint density at radius 3 is 2.43 bits per heavy atom. The number of nitrogens with one attached hydrogen (secondary N) is 1. The molecule has 184 valence electrons. The van der Waals surface area contributed by atoms with Gasteiger partial charge in [0.1, 0.15) is 0 Å². The molecule has 2 aromatic rings. The average molecular weight is 496 g/mol. The van der Waals surface area contributed by atoms with Crippen LogP contribution in [0.5, 0.6) is 11.5 Å². The van der Waals surface area contributed by atoms with Crippen LogP contribution in [0.1, 0.15) is 56.1 Å². The number of ether oxygens (including phenoxy) is 3. The number of methoxy groups -OCH3 is 2. The van der Waals surface area contributed by atoms with Crippen LogP contribution in [-0.4, -0.2) is 32.6 Å². The van der Waals surface area contributed by atoms with E-state index in [0.717, 1.165) is 23.2 Å². The number of rotatable bonds is 7. The number of ketones is 1. The molecule has 0 aromatic heterocycles. The Labute approximate surface area is 210 Å². The lowest BCUT2D eigenvalue weighted by Gasteiger charge is -2.36. The Morgan fingerprint density at radius 1 is 1.06 bits per heavy atom. The van der Waals surface area contributed by atoms with Crippen LogP contribution >= 0.6 is 11.6 Å². The first-order valence-electron chi connectivity index (χ1n) is 11.8. The van der Waals surface area contributed by atoms with E-state index in [-0.39, 0.29) is 11.7 Å². The number of hydrogen-bond acceptors (Lipinski definition) is 6. The zero-order valence-electron chi connectivity index (χ0n) is 20.4. The molecule has 6 nitrogen and oxygen atoms in total. The zero-order chi connectivity index (χ0) is 25.1. The van der Waals surface area contributed by atoms with Crippen molar-refractivity contribution in [2.24, 2.45) is 0 Å². The maximum atomic E-state index is 13.6. The summed E-state index contributed by atoms with van der Waals surface area (Å²) in [6, 6.07) is 13.2. The number of Topliss-reactive ketones (excluding diaryl/α,β-unsaturated/α-hetero) is 1. The summed E-state index contributed by atoms with van der Waals surface area (Å²) in [7, 11) is 2.93. The normalized spacial score (nSPS) is 19.7. The van der Waals surface area contributed by atoms with Crippen LogP contribution in [0.2, 0.25) is 5.02 Å². The maximum absolute atomic E-state index is 13.6. The molecule has 1 aliphatic heterocycles. The van der Waals surface area contributed by atoms with Gasteiger partial charge in [-0.25, -0.2) is 4.79 Å². The van der Waals surface area contributed by atoms with Crippen LogP contribution in [0.25, 0.3) is 0 Å². The first-order chi connectivity index (χ1) is 16.9. The molecule has 0 saturated carbocycles. The monoisotopic (exact) mass is 495 g/mol. The Kier molecular flexibility index (Phi) is 7.51. The molecular weight excluding hydrogens is 466 g/mol. The van der Waals surface area contributed by atoms with Crippen molar-refractivity contribution in [2.45, 2.75) is 44.9 Å². The molecule has 2 aliphatic rings. The van der Waals surface area contributed by atoms with E-state index in [1.807, 2.05) is 56.3 Å². The van der Waals surface area contributed by atoms with Gasteiger partial charge in [0.15, 0.2) is 17.3 Å². The summed E-state index contributed by atoms with van der Waals surface area (Å²) in [6.45, 7) is 4.44. The summed E-state index contributed by atoms with van der Waals surface area (Å²) >= 11 is 6.06. The molecule has 0 saturated heterocycles. The Balaban J connectivity index is 1.79. The predicted octanol–water partition coefficient (Wildman–Crippen LogP) is 5.67. The van der Waals surface area contributed by atoms with Crippen LogP contribution in [0.15, 0.2) is 65.0 Å². The van der Waals surface area contributed by atoms with Gasteiger partial charge < -0.3 is 19.5 Å². The highest BCUT2D eigenvalue weighted by atomic mass is 35.5. The minimum atomic E-state index is -0.563. The van der Waals surface area contributed by atoms with E-state index < -0.39 is 11.9 Å². The van der Waals surface area contributed by atoms with Crippen molar-refractivity contribution in [3.63, 3.8) is 0 Å². The van der Waals surface area contributed by atoms with Crippen molar-refractivity contribution >= 4 is 23.4 Å². The average Bonchev–Trinajstić information content (AvgIpc) is 2.86. The van der Waals surface area contributed by atoms with Gasteiger partial charge in [0.25, 0.3) is 0 Å². The van der Waals surface area contributed by atoms with Crippen molar-refractivity contribution in [3.05, 3.63) is 81.2 Å². The molecule has 4 rings (SSSR count). The number of allylic oxidation sites excluding steroid dienone is 3. The molecule has 1 aliphatic carbocycles. The largest absolute Gasteiger partial charge is 0.493 e. The molecule has 0 radical (unpaired) electrons. The molecule has 1 heterocycles. The van der Waals surface area contributed by atoms with E-state index in [0.29, 0.717) is 52.8 Å². The van der Waals surface area contributed by atoms with E-state index in [4.69, 9.17) is 25.8 Å². The Hall–Kier alpha value is -3.25. The summed E-state index contributed by atoms with van der Waals surface area (Å²) in [5.41, 5.74) is 4.38. The SMILES string of the molecule is CCCOc1ccc(C2C(C(=O)OC)=C(C)NC3=C2C(=O)CC(c2ccc(Cl)cc2)C3)cc1OC. The van der Waals surface area contributed by atoms with Gasteiger partial charge in [0.05, 0.1) is 26.4 Å². The van der Waals surface area contributed by atoms with E-state index in [1.54, 1.807) is 7.11 Å². The second-order valence-corrected chi connectivity index (χ2v) is 9.26. The minimum absolute atomic E-state index is 0.00267. The second kappa shape index (κ2) is 10.6. The molecular formula is C28H30ClNO5. The number of carbonyl (C=O) groups is 2. The van der Waals surface area contributed by atoms with Gasteiger partial charge in [-0.2, -0.15) is 0 Å². The van der Waals surface area contributed by atoms with Crippen molar-refractivity contribution in [3.8, 4) is 11.5 Å². The lowest BCUT2D eigenvalue weighted by Crippen LogP contribution is -2.36. The van der Waals surface area contributed by atoms with Crippen LogP contribution in [0.4, 0.5) is 0 Å². The van der Waals surface area contributed by atoms with Crippen molar-refractivity contribution < 1.29 is 23.8 Å². The van der Waals surface area contributed by atoms with E-state index in [1.165, 1.54) is 7.11 Å². The first-order valence-corrected chi connectivity index (χ1v) is 12.1. The van der Waals surface area contributed by atoms with Gasteiger partial charge in [-0.3, -0.25) is 4.79 Å². The molecule has 2 unspecified atom stereocenters. The van der Waals surface area contributed by atoms with Gasteiger partial charge in [0, 0.05) is 34.3 Å². The van der Waals surface area contributed by atoms with Gasteiger partial charge in [-0.1, -0.05) is 36.7 Å². The molecule has 2 atom stereocenters. The molecule has 2 aromatic carbocycles. The highest BCUT2D eigenvalue weighted by Crippen LogP contribution is 2.47. The first kappa shape index (κ1) is 24.9. The molecule has 0 fully saturated rings. The lowest BCUT2D eigenvalue weighted by molar-refractivity contribution is -0.136. The van der Waals surface area contributed by atoms with E-state index in [2.05, 4.69) is 5.32 Å². The summed E-state index contributed by atoms with van der Waals surface area (Å²) in [6.07, 6.45) is 1.87. The third kappa shape index (κ3) is 4.94. The standard InChI is InChI=1S/C28H30ClNO5/c1-5-12-35-23-11-8-18(15-24(23)33-3)26-25(28(32)34-4)16(2)30-21-13-19(14-22(31)27(21)26)17-6-9-20(29)10-7-17/h6-11,15,19,26,30H,5,12-14H2,1-4H3. The molecule has 35 heavy (non-hydrogen) atoms. The fraction of sp³-hybridized carbons (Fsp3) is 0.357. The molecule has 0 amide bonds. The van der Waals surface area contributed by atoms with E-state index in [9.17, 15) is 9.59 Å². The molecule has 0 bridgehead atoms. The van der Waals surface area contributed by atoms with Gasteiger partial charge in [0.2, 0.25) is 0 Å². The third-order valence-corrected chi connectivity index (χ3v) is 6.81. The van der Waals surface area contributed by atoms with Crippen molar-refractivity contribution in [2.75, 3.05) is 20.8 Å². The van der Waals surface area contributed by atoms with Crippen LogP contribution in [0.3, 0.4) is 0 Å². The van der Waals surface area contributed by atoms with Gasteiger partial charge >= 0.3 is 5.97 Å². The number of dihydropyridines is 1.